The summed E-state index contributed by atoms with van der Waals surface area (Å²) in [6.45, 7) is 2.86. The molecule has 21 heavy (non-hydrogen) atoms. The van der Waals surface area contributed by atoms with Crippen molar-refractivity contribution in [3.05, 3.63) is 58.6 Å². The van der Waals surface area contributed by atoms with E-state index in [9.17, 15) is 0 Å². The summed E-state index contributed by atoms with van der Waals surface area (Å²) in [7, 11) is 3.29. The lowest BCUT2D eigenvalue weighted by Crippen LogP contribution is -2.18. The predicted octanol–water partition coefficient (Wildman–Crippen LogP) is 4.21. The highest BCUT2D eigenvalue weighted by Crippen LogP contribution is 2.25. The molecule has 0 aliphatic heterocycles. The molecule has 112 valence electrons. The van der Waals surface area contributed by atoms with Crippen LogP contribution in [0.2, 0.25) is 5.02 Å². The van der Waals surface area contributed by atoms with E-state index in [1.165, 1.54) is 5.56 Å². The van der Waals surface area contributed by atoms with E-state index in [4.69, 9.17) is 21.1 Å². The number of nitrogens with one attached hydrogen (secondary N) is 1. The van der Waals surface area contributed by atoms with Gasteiger partial charge >= 0.3 is 0 Å². The molecule has 0 amide bonds. The van der Waals surface area contributed by atoms with Gasteiger partial charge in [0.05, 0.1) is 19.2 Å². The lowest BCUT2D eigenvalue weighted by atomic mass is 10.1. The smallest absolute Gasteiger partial charge is 0.137 e. The predicted molar refractivity (Wildman–Crippen MR) is 86.3 cm³/mol. The Bertz CT molecular complexity index is 601. The molecule has 0 aliphatic rings. The fourth-order valence-corrected chi connectivity index (χ4v) is 2.40. The summed E-state index contributed by atoms with van der Waals surface area (Å²) in [5.74, 6) is 1.56. The number of methoxy groups -OCH3 is 2. The zero-order valence-corrected chi connectivity index (χ0v) is 13.3. The van der Waals surface area contributed by atoms with Crippen LogP contribution in [0.15, 0.2) is 42.5 Å². The van der Waals surface area contributed by atoms with E-state index in [0.29, 0.717) is 10.8 Å². The van der Waals surface area contributed by atoms with Gasteiger partial charge < -0.3 is 14.8 Å². The molecular weight excluding hydrogens is 286 g/mol. The van der Waals surface area contributed by atoms with Crippen LogP contribution in [0.4, 0.5) is 0 Å². The van der Waals surface area contributed by atoms with Crippen LogP contribution in [0, 0.1) is 0 Å². The molecular formula is C17H20ClNO2. The molecule has 0 saturated carbocycles. The molecule has 2 rings (SSSR count). The van der Waals surface area contributed by atoms with Crippen molar-refractivity contribution in [3.8, 4) is 11.5 Å². The van der Waals surface area contributed by atoms with Gasteiger partial charge in [-0.1, -0.05) is 29.8 Å². The highest BCUT2D eigenvalue weighted by atomic mass is 35.5. The van der Waals surface area contributed by atoms with E-state index < -0.39 is 0 Å². The number of benzene rings is 2. The molecule has 3 nitrogen and oxygen atoms in total. The summed E-state index contributed by atoms with van der Waals surface area (Å²) in [6.07, 6.45) is 0. The third-order valence-corrected chi connectivity index (χ3v) is 3.72. The summed E-state index contributed by atoms with van der Waals surface area (Å²) in [5.41, 5.74) is 2.31. The van der Waals surface area contributed by atoms with Crippen molar-refractivity contribution >= 4 is 11.6 Å². The van der Waals surface area contributed by atoms with Crippen molar-refractivity contribution in [2.45, 2.75) is 19.5 Å². The lowest BCUT2D eigenvalue weighted by molar-refractivity contribution is 0.413. The molecule has 1 N–H and O–H groups in total. The van der Waals surface area contributed by atoms with Gasteiger partial charge in [-0.2, -0.15) is 0 Å². The van der Waals surface area contributed by atoms with Crippen LogP contribution < -0.4 is 14.8 Å². The first-order valence-corrected chi connectivity index (χ1v) is 7.21. The molecule has 0 heterocycles. The largest absolute Gasteiger partial charge is 0.497 e. The zero-order chi connectivity index (χ0) is 15.2. The Morgan fingerprint density at radius 2 is 1.90 bits per heavy atom. The van der Waals surface area contributed by atoms with Gasteiger partial charge in [0.2, 0.25) is 0 Å². The van der Waals surface area contributed by atoms with Crippen molar-refractivity contribution < 1.29 is 9.47 Å². The van der Waals surface area contributed by atoms with E-state index in [1.54, 1.807) is 14.2 Å². The highest BCUT2D eigenvalue weighted by molar-refractivity contribution is 6.32. The van der Waals surface area contributed by atoms with Gasteiger partial charge in [-0.25, -0.2) is 0 Å². The van der Waals surface area contributed by atoms with Crippen molar-refractivity contribution in [2.24, 2.45) is 0 Å². The quantitative estimate of drug-likeness (QED) is 0.867. The van der Waals surface area contributed by atoms with Crippen LogP contribution >= 0.6 is 11.6 Å². The van der Waals surface area contributed by atoms with Gasteiger partial charge in [-0.15, -0.1) is 0 Å². The average Bonchev–Trinajstić information content (AvgIpc) is 2.52. The van der Waals surface area contributed by atoms with Gasteiger partial charge in [0.25, 0.3) is 0 Å². The number of hydrogen-bond donors (Lipinski definition) is 1. The molecule has 0 saturated heterocycles. The summed E-state index contributed by atoms with van der Waals surface area (Å²) < 4.78 is 10.4. The molecule has 2 aromatic carbocycles. The van der Waals surface area contributed by atoms with Crippen molar-refractivity contribution in [1.29, 1.82) is 0 Å². The van der Waals surface area contributed by atoms with Crippen LogP contribution in [0.3, 0.4) is 0 Å². The summed E-state index contributed by atoms with van der Waals surface area (Å²) in [4.78, 5) is 0. The molecule has 0 bridgehead atoms. The molecule has 0 fully saturated rings. The van der Waals surface area contributed by atoms with Gasteiger partial charge in [0.1, 0.15) is 11.5 Å². The average molecular weight is 306 g/mol. The van der Waals surface area contributed by atoms with Gasteiger partial charge in [-0.05, 0) is 42.3 Å². The normalized spacial score (nSPS) is 12.0. The molecule has 1 unspecified atom stereocenters. The zero-order valence-electron chi connectivity index (χ0n) is 12.5. The first-order chi connectivity index (χ1) is 10.1. The fourth-order valence-electron chi connectivity index (χ4n) is 2.12. The molecule has 0 aromatic heterocycles. The van der Waals surface area contributed by atoms with Crippen LogP contribution in [-0.4, -0.2) is 14.2 Å². The molecule has 1 atom stereocenters. The fraction of sp³-hybridized carbons (Fsp3) is 0.294. The van der Waals surface area contributed by atoms with E-state index in [1.807, 2.05) is 36.4 Å². The van der Waals surface area contributed by atoms with Gasteiger partial charge in [0, 0.05) is 12.6 Å². The molecule has 2 aromatic rings. The minimum absolute atomic E-state index is 0.223. The number of ether oxygens (including phenoxy) is 2. The lowest BCUT2D eigenvalue weighted by Gasteiger charge is -2.15. The highest BCUT2D eigenvalue weighted by Gasteiger charge is 2.07. The SMILES string of the molecule is COc1cccc(C(C)NCc2ccc(OC)c(Cl)c2)c1. The Hall–Kier alpha value is -1.71. The maximum atomic E-state index is 6.13. The monoisotopic (exact) mass is 305 g/mol. The van der Waals surface area contributed by atoms with Crippen LogP contribution in [0.1, 0.15) is 24.1 Å². The van der Waals surface area contributed by atoms with E-state index in [-0.39, 0.29) is 6.04 Å². The second-order valence-corrected chi connectivity index (χ2v) is 5.26. The molecule has 0 radical (unpaired) electrons. The maximum Gasteiger partial charge on any atom is 0.137 e. The van der Waals surface area contributed by atoms with Crippen molar-refractivity contribution in [1.82, 2.24) is 5.32 Å². The molecule has 0 spiro atoms. The standard InChI is InChI=1S/C17H20ClNO2/c1-12(14-5-4-6-15(10-14)20-2)19-11-13-7-8-17(21-3)16(18)9-13/h4-10,12,19H,11H2,1-3H3. The maximum absolute atomic E-state index is 6.13. The van der Waals surface area contributed by atoms with E-state index in [2.05, 4.69) is 18.3 Å². The second kappa shape index (κ2) is 7.34. The second-order valence-electron chi connectivity index (χ2n) is 4.85. The topological polar surface area (TPSA) is 30.5 Å². The van der Waals surface area contributed by atoms with Gasteiger partial charge in [-0.3, -0.25) is 0 Å². The number of hydrogen-bond acceptors (Lipinski definition) is 3. The Morgan fingerprint density at radius 3 is 2.57 bits per heavy atom. The number of rotatable bonds is 6. The minimum Gasteiger partial charge on any atom is -0.497 e. The molecule has 0 aliphatic carbocycles. The Balaban J connectivity index is 2.00. The first-order valence-electron chi connectivity index (χ1n) is 6.83. The Labute approximate surface area is 130 Å². The van der Waals surface area contributed by atoms with E-state index >= 15 is 0 Å². The van der Waals surface area contributed by atoms with Gasteiger partial charge in [0.15, 0.2) is 0 Å². The Morgan fingerprint density at radius 1 is 1.10 bits per heavy atom. The van der Waals surface area contributed by atoms with E-state index in [0.717, 1.165) is 17.9 Å². The Kier molecular flexibility index (Phi) is 5.48. The first kappa shape index (κ1) is 15.7. The third kappa shape index (κ3) is 4.13. The van der Waals surface area contributed by atoms with Crippen molar-refractivity contribution in [2.75, 3.05) is 14.2 Å². The van der Waals surface area contributed by atoms with Crippen LogP contribution in [-0.2, 0) is 6.54 Å². The number of halogens is 1. The summed E-state index contributed by atoms with van der Waals surface area (Å²) in [6, 6.07) is 14.1. The van der Waals surface area contributed by atoms with Crippen molar-refractivity contribution in [3.63, 3.8) is 0 Å². The minimum atomic E-state index is 0.223. The van der Waals surface area contributed by atoms with Crippen LogP contribution in [0.25, 0.3) is 0 Å². The van der Waals surface area contributed by atoms with Crippen LogP contribution in [0.5, 0.6) is 11.5 Å². The summed E-state index contributed by atoms with van der Waals surface area (Å²) in [5, 5.41) is 4.11. The third-order valence-electron chi connectivity index (χ3n) is 3.42. The molecule has 4 heteroatoms. The summed E-state index contributed by atoms with van der Waals surface area (Å²) >= 11 is 6.13.